The molecule has 1 unspecified atom stereocenters. The van der Waals surface area contributed by atoms with Crippen LogP contribution in [0.4, 0.5) is 17.8 Å². The van der Waals surface area contributed by atoms with E-state index in [-0.39, 0.29) is 24.8 Å². The molecule has 30 heavy (non-hydrogen) atoms. The van der Waals surface area contributed by atoms with Crippen molar-refractivity contribution in [2.75, 3.05) is 62.2 Å². The Kier molecular flexibility index (Phi) is 9.48. The minimum absolute atomic E-state index is 0.0834. The number of unbranched alkanes of at least 4 members (excludes halogenated alkanes) is 2. The second-order valence-corrected chi connectivity index (χ2v) is 7.29. The zero-order valence-corrected chi connectivity index (χ0v) is 17.9. The van der Waals surface area contributed by atoms with Gasteiger partial charge >= 0.3 is 0 Å². The fraction of sp³-hybridized carbons (Fsp3) is 0.722. The topological polar surface area (TPSA) is 136 Å². The van der Waals surface area contributed by atoms with Crippen LogP contribution in [0.1, 0.15) is 32.6 Å². The van der Waals surface area contributed by atoms with E-state index in [0.29, 0.717) is 49.7 Å². The average Bonchev–Trinajstić information content (AvgIpc) is 2.77. The first kappa shape index (κ1) is 23.5. The van der Waals surface area contributed by atoms with Gasteiger partial charge in [0.15, 0.2) is 0 Å². The highest BCUT2D eigenvalue weighted by molar-refractivity contribution is 5.80. The maximum absolute atomic E-state index is 12.6. The van der Waals surface area contributed by atoms with E-state index in [0.717, 1.165) is 19.3 Å². The number of hydrogen-bond donors (Lipinski definition) is 3. The lowest BCUT2D eigenvalue weighted by molar-refractivity contribution is -0.154. The van der Waals surface area contributed by atoms with Gasteiger partial charge in [-0.15, -0.1) is 0 Å². The number of carbonyl (C=O) groups is 2. The van der Waals surface area contributed by atoms with Crippen LogP contribution in [0.3, 0.4) is 0 Å². The number of carbonyl (C=O) groups excluding carboxylic acids is 2. The zero-order valence-electron chi connectivity index (χ0n) is 17.9. The van der Waals surface area contributed by atoms with Crippen molar-refractivity contribution >= 4 is 30.2 Å². The molecule has 1 aliphatic rings. The van der Waals surface area contributed by atoms with Crippen LogP contribution in [-0.2, 0) is 14.3 Å². The van der Waals surface area contributed by atoms with Gasteiger partial charge in [0.25, 0.3) is 0 Å². The van der Waals surface area contributed by atoms with E-state index in [9.17, 15) is 14.8 Å². The summed E-state index contributed by atoms with van der Waals surface area (Å²) in [5.74, 6) is 0.230. The predicted molar refractivity (Wildman–Crippen MR) is 111 cm³/mol. The first-order valence-electron chi connectivity index (χ1n) is 10.2. The number of nitrogens with one attached hydrogen (secondary N) is 2. The van der Waals surface area contributed by atoms with Gasteiger partial charge in [0, 0.05) is 27.2 Å². The summed E-state index contributed by atoms with van der Waals surface area (Å²) in [6.45, 7) is 4.50. The highest BCUT2D eigenvalue weighted by Crippen LogP contribution is 2.16. The highest BCUT2D eigenvalue weighted by Gasteiger charge is 2.22. The molecule has 1 atom stereocenters. The molecule has 0 bridgehead atoms. The number of ether oxygens (including phenoxy) is 1. The molecule has 0 aromatic carbocycles. The van der Waals surface area contributed by atoms with Crippen molar-refractivity contribution in [1.82, 2.24) is 25.4 Å². The number of amides is 2. The third-order valence-electron chi connectivity index (χ3n) is 4.66. The molecule has 2 rings (SSSR count). The van der Waals surface area contributed by atoms with E-state index < -0.39 is 5.92 Å². The molecule has 1 saturated heterocycles. The first-order valence-corrected chi connectivity index (χ1v) is 10.2. The van der Waals surface area contributed by atoms with Crippen molar-refractivity contribution in [1.29, 1.82) is 0 Å². The molecule has 1 fully saturated rings. The van der Waals surface area contributed by atoms with Crippen LogP contribution in [0, 0.1) is 5.92 Å². The lowest BCUT2D eigenvalue weighted by atomic mass is 10.0. The van der Waals surface area contributed by atoms with Gasteiger partial charge in [0.2, 0.25) is 30.2 Å². The van der Waals surface area contributed by atoms with Crippen molar-refractivity contribution < 1.29 is 19.5 Å². The van der Waals surface area contributed by atoms with Gasteiger partial charge in [0.1, 0.15) is 0 Å². The summed E-state index contributed by atoms with van der Waals surface area (Å²) in [6.07, 6.45) is 3.62. The van der Waals surface area contributed by atoms with Crippen molar-refractivity contribution in [2.45, 2.75) is 32.6 Å². The Morgan fingerprint density at radius 3 is 2.63 bits per heavy atom. The number of anilines is 3. The molecule has 0 saturated carbocycles. The molecule has 1 aromatic rings. The molecule has 3 N–H and O–H groups in total. The van der Waals surface area contributed by atoms with Crippen LogP contribution in [0.15, 0.2) is 0 Å². The van der Waals surface area contributed by atoms with Gasteiger partial charge in [-0.1, -0.05) is 26.2 Å². The molecule has 0 aliphatic carbocycles. The lowest BCUT2D eigenvalue weighted by Crippen LogP contribution is -2.41. The van der Waals surface area contributed by atoms with E-state index in [2.05, 4.69) is 32.7 Å². The zero-order chi connectivity index (χ0) is 21.9. The van der Waals surface area contributed by atoms with Crippen molar-refractivity contribution in [3.8, 4) is 0 Å². The smallest absolute Gasteiger partial charge is 0.248 e. The quantitative estimate of drug-likeness (QED) is 0.185. The van der Waals surface area contributed by atoms with Gasteiger partial charge in [0.05, 0.1) is 25.7 Å². The van der Waals surface area contributed by atoms with Crippen molar-refractivity contribution in [3.63, 3.8) is 0 Å². The number of rotatable bonds is 12. The standard InChI is InChI=1S/C18H32N8O4/c1-4-5-6-7-14(12-26(29)13-27)15(28)22-23-16-19-17(24(2)3)21-18(20-16)25-8-10-30-11-9-25/h13-14,29H,4-12H2,1-3H3,(H,22,28)(H,19,20,21,23). The summed E-state index contributed by atoms with van der Waals surface area (Å²) in [5, 5.41) is 9.99. The fourth-order valence-corrected chi connectivity index (χ4v) is 2.95. The van der Waals surface area contributed by atoms with Gasteiger partial charge < -0.3 is 14.5 Å². The molecule has 1 aromatic heterocycles. The van der Waals surface area contributed by atoms with E-state index in [1.54, 1.807) is 4.90 Å². The molecule has 0 radical (unpaired) electrons. The van der Waals surface area contributed by atoms with E-state index in [1.807, 2.05) is 19.0 Å². The summed E-state index contributed by atoms with van der Waals surface area (Å²) in [7, 11) is 3.64. The number of hydroxylamine groups is 2. The third-order valence-corrected chi connectivity index (χ3v) is 4.66. The van der Waals surface area contributed by atoms with Crippen molar-refractivity contribution in [2.24, 2.45) is 5.92 Å². The first-order chi connectivity index (χ1) is 14.4. The van der Waals surface area contributed by atoms with Crippen LogP contribution in [0.25, 0.3) is 0 Å². The maximum Gasteiger partial charge on any atom is 0.248 e. The molecule has 1 aliphatic heterocycles. The summed E-state index contributed by atoms with van der Waals surface area (Å²) in [5.41, 5.74) is 5.34. The molecule has 12 nitrogen and oxygen atoms in total. The number of hydrazine groups is 1. The maximum atomic E-state index is 12.6. The highest BCUT2D eigenvalue weighted by atomic mass is 16.5. The van der Waals surface area contributed by atoms with Crippen molar-refractivity contribution in [3.05, 3.63) is 0 Å². The van der Waals surface area contributed by atoms with Gasteiger partial charge in [-0.3, -0.25) is 25.6 Å². The molecule has 2 heterocycles. The normalized spacial score (nSPS) is 14.7. The molecule has 168 valence electrons. The lowest BCUT2D eigenvalue weighted by Gasteiger charge is -2.27. The van der Waals surface area contributed by atoms with E-state index >= 15 is 0 Å². The predicted octanol–water partition coefficient (Wildman–Crippen LogP) is 0.261. The Balaban J connectivity index is 2.07. The van der Waals surface area contributed by atoms with Crippen LogP contribution in [0.2, 0.25) is 0 Å². The summed E-state index contributed by atoms with van der Waals surface area (Å²) in [4.78, 5) is 40.3. The monoisotopic (exact) mass is 424 g/mol. The summed E-state index contributed by atoms with van der Waals surface area (Å²) >= 11 is 0. The van der Waals surface area contributed by atoms with Crippen LogP contribution in [-0.4, -0.2) is 84.5 Å². The number of aromatic nitrogens is 3. The Bertz CT molecular complexity index is 684. The molecular weight excluding hydrogens is 392 g/mol. The Labute approximate surface area is 176 Å². The number of hydrogen-bond acceptors (Lipinski definition) is 10. The average molecular weight is 425 g/mol. The minimum Gasteiger partial charge on any atom is -0.378 e. The van der Waals surface area contributed by atoms with E-state index in [4.69, 9.17) is 4.74 Å². The molecular formula is C18H32N8O4. The minimum atomic E-state index is -0.562. The Morgan fingerprint density at radius 2 is 2.00 bits per heavy atom. The Morgan fingerprint density at radius 1 is 1.27 bits per heavy atom. The van der Waals surface area contributed by atoms with Crippen LogP contribution in [0.5, 0.6) is 0 Å². The second-order valence-electron chi connectivity index (χ2n) is 7.29. The fourth-order valence-electron chi connectivity index (χ4n) is 2.95. The summed E-state index contributed by atoms with van der Waals surface area (Å²) in [6, 6.07) is 0. The summed E-state index contributed by atoms with van der Waals surface area (Å²) < 4.78 is 5.37. The van der Waals surface area contributed by atoms with Gasteiger partial charge in [-0.25, -0.2) is 5.06 Å². The van der Waals surface area contributed by atoms with Crippen LogP contribution >= 0.6 is 0 Å². The van der Waals surface area contributed by atoms with E-state index in [1.165, 1.54) is 0 Å². The molecule has 12 heteroatoms. The van der Waals surface area contributed by atoms with Gasteiger partial charge in [-0.2, -0.15) is 15.0 Å². The second kappa shape index (κ2) is 12.1. The molecule has 0 spiro atoms. The Hall–Kier alpha value is -2.73. The largest absolute Gasteiger partial charge is 0.378 e. The number of nitrogens with zero attached hydrogens (tertiary/aromatic N) is 6. The van der Waals surface area contributed by atoms with Crippen LogP contribution < -0.4 is 20.7 Å². The number of morpholine rings is 1. The molecule has 2 amide bonds. The van der Waals surface area contributed by atoms with Gasteiger partial charge in [-0.05, 0) is 6.42 Å². The SMILES string of the molecule is CCCCCC(CN(O)C=O)C(=O)NNc1nc(N(C)C)nc(N2CCOCC2)n1. The third kappa shape index (κ3) is 7.26.